The summed E-state index contributed by atoms with van der Waals surface area (Å²) in [5, 5.41) is 0. The zero-order chi connectivity index (χ0) is 19.6. The van der Waals surface area contributed by atoms with Gasteiger partial charge in [0.2, 0.25) is 11.0 Å². The van der Waals surface area contributed by atoms with Gasteiger partial charge in [0.15, 0.2) is 0 Å². The second-order valence-electron chi connectivity index (χ2n) is 6.38. The lowest BCUT2D eigenvalue weighted by atomic mass is 10.2. The zero-order valence-corrected chi connectivity index (χ0v) is 16.9. The van der Waals surface area contributed by atoms with E-state index in [0.717, 1.165) is 37.3 Å². The molecule has 0 radical (unpaired) electrons. The van der Waals surface area contributed by atoms with Crippen molar-refractivity contribution in [2.24, 2.45) is 9.98 Å². The average molecular weight is 399 g/mol. The third kappa shape index (κ3) is 5.90. The summed E-state index contributed by atoms with van der Waals surface area (Å²) >= 11 is -1.37. The van der Waals surface area contributed by atoms with Crippen LogP contribution in [0.1, 0.15) is 25.3 Å². The Morgan fingerprint density at radius 3 is 2.46 bits per heavy atom. The number of anilines is 1. The molecule has 0 spiro atoms. The van der Waals surface area contributed by atoms with Gasteiger partial charge < -0.3 is 9.45 Å². The van der Waals surface area contributed by atoms with Gasteiger partial charge in [-0.2, -0.15) is 8.75 Å². The van der Waals surface area contributed by atoms with Crippen molar-refractivity contribution in [1.29, 1.82) is 0 Å². The fraction of sp³-hybridized carbons (Fsp3) is 0.350. The van der Waals surface area contributed by atoms with E-state index in [2.05, 4.69) is 35.5 Å². The first kappa shape index (κ1) is 20.0. The summed E-state index contributed by atoms with van der Waals surface area (Å²) in [6, 6.07) is 15.9. The van der Waals surface area contributed by atoms with Crippen LogP contribution in [0, 0.1) is 0 Å². The maximum Gasteiger partial charge on any atom is 0.219 e. The molecule has 0 aliphatic heterocycles. The highest BCUT2D eigenvalue weighted by Gasteiger charge is 2.06. The van der Waals surface area contributed by atoms with Crippen LogP contribution in [-0.2, 0) is 6.54 Å². The molecule has 8 heteroatoms. The zero-order valence-electron chi connectivity index (χ0n) is 16.0. The molecule has 3 aromatic rings. The Morgan fingerprint density at radius 1 is 1.00 bits per heavy atom. The van der Waals surface area contributed by atoms with Crippen molar-refractivity contribution in [2.45, 2.75) is 26.3 Å². The maximum atomic E-state index is 11.8. The van der Waals surface area contributed by atoms with Gasteiger partial charge in [0.05, 0.1) is 6.54 Å². The molecule has 0 bridgehead atoms. The predicted molar refractivity (Wildman–Crippen MR) is 111 cm³/mol. The molecule has 7 nitrogen and oxygen atoms in total. The van der Waals surface area contributed by atoms with Crippen molar-refractivity contribution in [2.75, 3.05) is 24.5 Å². The minimum atomic E-state index is -1.37. The topological polar surface area (TPSA) is 95.5 Å². The van der Waals surface area contributed by atoms with Crippen molar-refractivity contribution < 1.29 is 4.55 Å². The Labute approximate surface area is 167 Å². The molecule has 0 saturated heterocycles. The third-order valence-corrected chi connectivity index (χ3v) is 4.95. The van der Waals surface area contributed by atoms with Gasteiger partial charge in [-0.1, -0.05) is 43.3 Å². The number of H-pyrrole nitrogens is 2. The lowest BCUT2D eigenvalue weighted by molar-refractivity contribution is 0.584. The molecular formula is C20H26N6OS. The summed E-state index contributed by atoms with van der Waals surface area (Å²) in [6.07, 6.45) is 3.75. The molecule has 3 rings (SSSR count). The fourth-order valence-electron chi connectivity index (χ4n) is 2.87. The van der Waals surface area contributed by atoms with Crippen LogP contribution in [0.25, 0.3) is 0 Å². The van der Waals surface area contributed by atoms with Gasteiger partial charge in [-0.25, -0.2) is 4.98 Å². The third-order valence-electron chi connectivity index (χ3n) is 4.19. The molecule has 0 aliphatic carbocycles. The Kier molecular flexibility index (Phi) is 7.57. The highest BCUT2D eigenvalue weighted by Crippen LogP contribution is 2.10. The van der Waals surface area contributed by atoms with Crippen molar-refractivity contribution in [1.82, 2.24) is 13.7 Å². The van der Waals surface area contributed by atoms with Crippen LogP contribution in [0.4, 0.5) is 5.82 Å². The average Bonchev–Trinajstić information content (AvgIpc) is 3.09. The number of pyridine rings is 1. The summed E-state index contributed by atoms with van der Waals surface area (Å²) in [6.45, 7) is 5.13. The second-order valence-corrected chi connectivity index (χ2v) is 7.33. The first-order chi connectivity index (χ1) is 13.8. The maximum absolute atomic E-state index is 11.8. The van der Waals surface area contributed by atoms with Crippen LogP contribution in [0.2, 0.25) is 0 Å². The summed E-state index contributed by atoms with van der Waals surface area (Å²) in [5.74, 6) is 0.990. The smallest absolute Gasteiger partial charge is 0.219 e. The SMILES string of the molecule is CCCN(CCCN=c1[nH][s+]([O-])[nH]c1=NCc1ccccc1)c1ccccn1. The highest BCUT2D eigenvalue weighted by molar-refractivity contribution is 7.13. The van der Waals surface area contributed by atoms with E-state index in [1.54, 1.807) is 0 Å². The molecule has 2 aromatic heterocycles. The van der Waals surface area contributed by atoms with Crippen LogP contribution in [0.5, 0.6) is 0 Å². The lowest BCUT2D eigenvalue weighted by Crippen LogP contribution is -2.28. The number of benzene rings is 1. The van der Waals surface area contributed by atoms with Gasteiger partial charge in [0, 0.05) is 25.8 Å². The molecule has 1 atom stereocenters. The van der Waals surface area contributed by atoms with Crippen LogP contribution >= 0.6 is 11.1 Å². The van der Waals surface area contributed by atoms with Gasteiger partial charge >= 0.3 is 0 Å². The molecule has 0 aliphatic rings. The van der Waals surface area contributed by atoms with Gasteiger partial charge in [-0.3, -0.25) is 9.98 Å². The Morgan fingerprint density at radius 2 is 1.75 bits per heavy atom. The summed E-state index contributed by atoms with van der Waals surface area (Å²) in [7, 11) is 0. The number of hydrogen-bond acceptors (Lipinski definition) is 5. The first-order valence-electron chi connectivity index (χ1n) is 9.50. The van der Waals surface area contributed by atoms with E-state index in [0.29, 0.717) is 24.1 Å². The molecular weight excluding hydrogens is 372 g/mol. The standard InChI is InChI=1S/C20H26N6OS/c1-2-14-26(18-11-6-7-12-21-18)15-8-13-22-19-20(25-28(27)24-19)23-16-17-9-4-3-5-10-17/h3-7,9-12H,2,8,13-16H2,1H3,(H,22,24)(H,23,25). The molecule has 2 heterocycles. The molecule has 0 saturated carbocycles. The first-order valence-corrected chi connectivity index (χ1v) is 10.7. The number of hydrogen-bond donors (Lipinski definition) is 2. The van der Waals surface area contributed by atoms with Gasteiger partial charge in [0.1, 0.15) is 17.0 Å². The van der Waals surface area contributed by atoms with Crippen LogP contribution < -0.4 is 15.9 Å². The summed E-state index contributed by atoms with van der Waals surface area (Å²) in [5.41, 5.74) is 2.21. The quantitative estimate of drug-likeness (QED) is 0.428. The fourth-order valence-corrected chi connectivity index (χ4v) is 3.59. The molecule has 1 unspecified atom stereocenters. The van der Waals surface area contributed by atoms with E-state index in [1.807, 2.05) is 54.7 Å². The number of nitrogens with zero attached hydrogens (tertiary/aromatic N) is 4. The van der Waals surface area contributed by atoms with Gasteiger partial charge in [0.25, 0.3) is 0 Å². The van der Waals surface area contributed by atoms with Crippen LogP contribution in [-0.4, -0.2) is 37.9 Å². The van der Waals surface area contributed by atoms with E-state index in [1.165, 1.54) is 0 Å². The molecule has 0 fully saturated rings. The largest absolute Gasteiger partial charge is 0.549 e. The monoisotopic (exact) mass is 398 g/mol. The van der Waals surface area contributed by atoms with E-state index in [9.17, 15) is 4.55 Å². The second kappa shape index (κ2) is 10.6. The van der Waals surface area contributed by atoms with E-state index >= 15 is 0 Å². The van der Waals surface area contributed by atoms with Gasteiger partial charge in [-0.05, 0) is 30.5 Å². The van der Waals surface area contributed by atoms with E-state index in [-0.39, 0.29) is 0 Å². The molecule has 28 heavy (non-hydrogen) atoms. The number of aromatic amines is 2. The van der Waals surface area contributed by atoms with Crippen molar-refractivity contribution in [3.63, 3.8) is 0 Å². The van der Waals surface area contributed by atoms with Crippen molar-refractivity contribution in [3.8, 4) is 0 Å². The Balaban J connectivity index is 1.64. The Bertz CT molecular complexity index is 961. The minimum absolute atomic E-state index is 0.519. The van der Waals surface area contributed by atoms with Crippen LogP contribution in [0.15, 0.2) is 64.7 Å². The normalized spacial score (nSPS) is 13.1. The van der Waals surface area contributed by atoms with Crippen LogP contribution in [0.3, 0.4) is 0 Å². The summed E-state index contributed by atoms with van der Waals surface area (Å²) < 4.78 is 17.5. The highest BCUT2D eigenvalue weighted by atomic mass is 32.2. The van der Waals surface area contributed by atoms with E-state index < -0.39 is 11.1 Å². The van der Waals surface area contributed by atoms with E-state index in [4.69, 9.17) is 0 Å². The molecule has 148 valence electrons. The number of nitrogens with one attached hydrogen (secondary N) is 2. The molecule has 1 aromatic carbocycles. The van der Waals surface area contributed by atoms with Crippen molar-refractivity contribution in [3.05, 3.63) is 71.3 Å². The number of aromatic nitrogens is 3. The summed E-state index contributed by atoms with van der Waals surface area (Å²) in [4.78, 5) is 15.8. The Hall–Kier alpha value is -2.71. The lowest BCUT2D eigenvalue weighted by Gasteiger charge is -2.22. The minimum Gasteiger partial charge on any atom is -0.549 e. The number of rotatable bonds is 9. The van der Waals surface area contributed by atoms with Crippen molar-refractivity contribution >= 4 is 17.0 Å². The van der Waals surface area contributed by atoms with Gasteiger partial charge in [-0.15, -0.1) is 0 Å². The molecule has 2 N–H and O–H groups in total. The molecule has 0 amide bonds. The predicted octanol–water partition coefficient (Wildman–Crippen LogP) is 2.77.